The molecule has 1 fully saturated rings. The lowest BCUT2D eigenvalue weighted by Crippen LogP contribution is -2.45. The van der Waals surface area contributed by atoms with Gasteiger partial charge in [0.2, 0.25) is 15.9 Å². The number of methoxy groups -OCH3 is 1. The fourth-order valence-corrected chi connectivity index (χ4v) is 5.68. The third-order valence-corrected chi connectivity index (χ3v) is 7.80. The lowest BCUT2D eigenvalue weighted by molar-refractivity contribution is -0.141. The Morgan fingerprint density at radius 1 is 1.14 bits per heavy atom. The summed E-state index contributed by atoms with van der Waals surface area (Å²) >= 11 is 0. The summed E-state index contributed by atoms with van der Waals surface area (Å²) in [6, 6.07) is 7.08. The molecule has 4 rings (SSSR count). The molecule has 1 atom stereocenters. The van der Waals surface area contributed by atoms with Gasteiger partial charge in [0.1, 0.15) is 23.3 Å². The molecule has 0 saturated carbocycles. The number of ether oxygens (including phenoxy) is 1. The van der Waals surface area contributed by atoms with Crippen LogP contribution in [0.5, 0.6) is 5.75 Å². The number of benzene rings is 1. The standard InChI is InChI=1S/C24H22F4N4O4S/c1-36-21-14-29-17(11-19(21)15-4-9-22(30-12-15)24(26,27)28)13-31-23(33)20-3-2-10-32(20)37(34,35)18-7-5-16(25)6-8-18/h4-9,11-12,14,20H,2-3,10,13H2,1H3,(H,31,33)/t20-/m0/s1. The minimum Gasteiger partial charge on any atom is -0.494 e. The molecule has 0 aliphatic carbocycles. The van der Waals surface area contributed by atoms with E-state index in [-0.39, 0.29) is 18.0 Å². The highest BCUT2D eigenvalue weighted by molar-refractivity contribution is 7.89. The maximum absolute atomic E-state index is 13.2. The summed E-state index contributed by atoms with van der Waals surface area (Å²) in [7, 11) is -2.63. The molecule has 8 nitrogen and oxygen atoms in total. The topological polar surface area (TPSA) is 101 Å². The van der Waals surface area contributed by atoms with Crippen LogP contribution in [0.2, 0.25) is 0 Å². The van der Waals surface area contributed by atoms with Gasteiger partial charge in [-0.3, -0.25) is 14.8 Å². The van der Waals surface area contributed by atoms with Crippen LogP contribution >= 0.6 is 0 Å². The van der Waals surface area contributed by atoms with Gasteiger partial charge in [-0.05, 0) is 49.2 Å². The Bertz CT molecular complexity index is 1380. The predicted octanol–water partition coefficient (Wildman–Crippen LogP) is 3.78. The van der Waals surface area contributed by atoms with Gasteiger partial charge in [-0.2, -0.15) is 17.5 Å². The molecular formula is C24H22F4N4O4S. The van der Waals surface area contributed by atoms with Gasteiger partial charge >= 0.3 is 6.18 Å². The number of pyridine rings is 2. The van der Waals surface area contributed by atoms with Gasteiger partial charge in [0, 0.05) is 23.9 Å². The molecule has 1 N–H and O–H groups in total. The van der Waals surface area contributed by atoms with E-state index < -0.39 is 39.7 Å². The van der Waals surface area contributed by atoms with Crippen molar-refractivity contribution in [2.75, 3.05) is 13.7 Å². The molecule has 196 valence electrons. The summed E-state index contributed by atoms with van der Waals surface area (Å²) in [6.45, 7) is 0.0779. The Morgan fingerprint density at radius 2 is 1.86 bits per heavy atom. The van der Waals surface area contributed by atoms with Crippen LogP contribution in [0.15, 0.2) is 59.8 Å². The predicted molar refractivity (Wildman–Crippen MR) is 124 cm³/mol. The Hall–Kier alpha value is -3.58. The molecule has 1 aliphatic heterocycles. The molecule has 2 aromatic heterocycles. The van der Waals surface area contributed by atoms with Crippen molar-refractivity contribution in [1.82, 2.24) is 19.6 Å². The van der Waals surface area contributed by atoms with Gasteiger partial charge in [0.15, 0.2) is 0 Å². The van der Waals surface area contributed by atoms with Crippen molar-refractivity contribution in [2.45, 2.75) is 36.5 Å². The minimum atomic E-state index is -4.57. The molecule has 1 aliphatic rings. The first-order valence-electron chi connectivity index (χ1n) is 11.1. The largest absolute Gasteiger partial charge is 0.494 e. The molecule has 0 spiro atoms. The number of rotatable bonds is 7. The highest BCUT2D eigenvalue weighted by Crippen LogP contribution is 2.33. The van der Waals surface area contributed by atoms with Crippen molar-refractivity contribution in [1.29, 1.82) is 0 Å². The number of nitrogens with zero attached hydrogens (tertiary/aromatic N) is 3. The molecule has 1 saturated heterocycles. The Labute approximate surface area is 210 Å². The van der Waals surface area contributed by atoms with Crippen molar-refractivity contribution in [3.05, 3.63) is 72.1 Å². The highest BCUT2D eigenvalue weighted by atomic mass is 32.2. The summed E-state index contributed by atoms with van der Waals surface area (Å²) in [5, 5.41) is 2.68. The van der Waals surface area contributed by atoms with E-state index in [2.05, 4.69) is 15.3 Å². The summed E-state index contributed by atoms with van der Waals surface area (Å²) in [4.78, 5) is 20.5. The van der Waals surface area contributed by atoms with Crippen LogP contribution in [-0.4, -0.2) is 48.3 Å². The molecule has 3 heterocycles. The van der Waals surface area contributed by atoms with Gasteiger partial charge in [-0.25, -0.2) is 12.8 Å². The number of sulfonamides is 1. The fraction of sp³-hybridized carbons (Fsp3) is 0.292. The lowest BCUT2D eigenvalue weighted by atomic mass is 10.1. The molecule has 1 aromatic carbocycles. The quantitative estimate of drug-likeness (QED) is 0.460. The van der Waals surface area contributed by atoms with E-state index in [9.17, 15) is 30.8 Å². The summed E-state index contributed by atoms with van der Waals surface area (Å²) in [5.41, 5.74) is 0.111. The van der Waals surface area contributed by atoms with E-state index in [0.717, 1.165) is 40.8 Å². The second-order valence-electron chi connectivity index (χ2n) is 8.25. The number of halogens is 4. The van der Waals surface area contributed by atoms with Crippen LogP contribution in [0, 0.1) is 5.82 Å². The Balaban J connectivity index is 1.49. The van der Waals surface area contributed by atoms with Gasteiger partial charge in [0.05, 0.1) is 30.4 Å². The maximum Gasteiger partial charge on any atom is 0.433 e. The fourth-order valence-electron chi connectivity index (χ4n) is 4.02. The number of aromatic nitrogens is 2. The van der Waals surface area contributed by atoms with Gasteiger partial charge in [-0.1, -0.05) is 6.07 Å². The number of hydrogen-bond acceptors (Lipinski definition) is 6. The number of nitrogens with one attached hydrogen (secondary N) is 1. The normalized spacial score (nSPS) is 16.5. The second-order valence-corrected chi connectivity index (χ2v) is 10.1. The number of alkyl halides is 3. The number of carbonyl (C=O) groups is 1. The number of amides is 1. The van der Waals surface area contributed by atoms with E-state index in [0.29, 0.717) is 35.4 Å². The molecule has 0 radical (unpaired) electrons. The van der Waals surface area contributed by atoms with Crippen molar-refractivity contribution in [3.8, 4) is 16.9 Å². The molecule has 1 amide bonds. The molecule has 3 aromatic rings. The summed E-state index contributed by atoms with van der Waals surface area (Å²) in [6.07, 6.45) is -1.35. The second kappa shape index (κ2) is 10.4. The van der Waals surface area contributed by atoms with E-state index in [4.69, 9.17) is 4.74 Å². The first-order valence-corrected chi connectivity index (χ1v) is 12.6. The summed E-state index contributed by atoms with van der Waals surface area (Å²) in [5.74, 6) is -0.810. The summed E-state index contributed by atoms with van der Waals surface area (Å²) < 4.78 is 84.2. The molecular weight excluding hydrogens is 516 g/mol. The molecule has 13 heteroatoms. The van der Waals surface area contributed by atoms with Crippen LogP contribution in [0.25, 0.3) is 11.1 Å². The van der Waals surface area contributed by atoms with Gasteiger partial charge in [-0.15, -0.1) is 0 Å². The van der Waals surface area contributed by atoms with Crippen LogP contribution in [0.3, 0.4) is 0 Å². The zero-order valence-electron chi connectivity index (χ0n) is 19.5. The van der Waals surface area contributed by atoms with E-state index in [1.807, 2.05) is 0 Å². The van der Waals surface area contributed by atoms with Gasteiger partial charge < -0.3 is 10.1 Å². The first kappa shape index (κ1) is 26.5. The van der Waals surface area contributed by atoms with Crippen molar-refractivity contribution in [2.24, 2.45) is 0 Å². The Morgan fingerprint density at radius 3 is 2.49 bits per heavy atom. The third kappa shape index (κ3) is 5.72. The van der Waals surface area contributed by atoms with Crippen LogP contribution in [0.4, 0.5) is 17.6 Å². The Kier molecular flexibility index (Phi) is 7.46. The number of carbonyl (C=O) groups excluding carboxylic acids is 1. The van der Waals surface area contributed by atoms with Crippen molar-refractivity contribution >= 4 is 15.9 Å². The highest BCUT2D eigenvalue weighted by Gasteiger charge is 2.39. The molecule has 37 heavy (non-hydrogen) atoms. The number of hydrogen-bond donors (Lipinski definition) is 1. The SMILES string of the molecule is COc1cnc(CNC(=O)[C@@H]2CCCN2S(=O)(=O)c2ccc(F)cc2)cc1-c1ccc(C(F)(F)F)nc1. The van der Waals surface area contributed by atoms with E-state index in [1.165, 1.54) is 19.4 Å². The van der Waals surface area contributed by atoms with E-state index >= 15 is 0 Å². The van der Waals surface area contributed by atoms with Crippen LogP contribution in [-0.2, 0) is 27.5 Å². The smallest absolute Gasteiger partial charge is 0.433 e. The van der Waals surface area contributed by atoms with Crippen molar-refractivity contribution < 1.29 is 35.5 Å². The zero-order valence-corrected chi connectivity index (χ0v) is 20.3. The lowest BCUT2D eigenvalue weighted by Gasteiger charge is -2.23. The monoisotopic (exact) mass is 538 g/mol. The van der Waals surface area contributed by atoms with Crippen LogP contribution < -0.4 is 10.1 Å². The van der Waals surface area contributed by atoms with Crippen LogP contribution in [0.1, 0.15) is 24.2 Å². The average Bonchev–Trinajstić information content (AvgIpc) is 3.38. The molecule has 0 unspecified atom stereocenters. The minimum absolute atomic E-state index is 0.0647. The average molecular weight is 539 g/mol. The third-order valence-electron chi connectivity index (χ3n) is 5.88. The maximum atomic E-state index is 13.2. The van der Waals surface area contributed by atoms with Gasteiger partial charge in [0.25, 0.3) is 0 Å². The van der Waals surface area contributed by atoms with E-state index in [1.54, 1.807) is 6.07 Å². The first-order chi connectivity index (χ1) is 17.5. The zero-order chi connectivity index (χ0) is 26.8. The van der Waals surface area contributed by atoms with Crippen molar-refractivity contribution in [3.63, 3.8) is 0 Å². The molecule has 0 bridgehead atoms.